The normalized spacial score (nSPS) is 15.9. The zero-order valence-corrected chi connectivity index (χ0v) is 11.1. The number of halogens is 3. The highest BCUT2D eigenvalue weighted by atomic mass is 32.2. The molecule has 2 atom stereocenters. The van der Waals surface area contributed by atoms with Crippen molar-refractivity contribution in [1.29, 1.82) is 0 Å². The van der Waals surface area contributed by atoms with Gasteiger partial charge in [0.05, 0.1) is 4.90 Å². The molecule has 0 aliphatic carbocycles. The summed E-state index contributed by atoms with van der Waals surface area (Å²) in [5.41, 5.74) is 5.23. The predicted octanol–water partition coefficient (Wildman–Crippen LogP) is 1.75. The van der Waals surface area contributed by atoms with E-state index >= 15 is 0 Å². The zero-order chi connectivity index (χ0) is 14.8. The fourth-order valence-corrected chi connectivity index (χ4v) is 2.01. The first-order chi connectivity index (χ1) is 8.51. The Bertz CT molecular complexity index is 523. The summed E-state index contributed by atoms with van der Waals surface area (Å²) in [5, 5.41) is 0. The van der Waals surface area contributed by atoms with E-state index < -0.39 is 28.2 Å². The van der Waals surface area contributed by atoms with E-state index in [2.05, 4.69) is 0 Å². The van der Waals surface area contributed by atoms with Crippen LogP contribution >= 0.6 is 0 Å². The minimum absolute atomic E-state index is 0.00389. The first kappa shape index (κ1) is 15.8. The van der Waals surface area contributed by atoms with Crippen LogP contribution < -0.4 is 10.5 Å². The first-order valence-corrected chi connectivity index (χ1v) is 7.20. The molecule has 0 saturated heterocycles. The average Bonchev–Trinajstić information content (AvgIpc) is 2.23. The summed E-state index contributed by atoms with van der Waals surface area (Å²) < 4.78 is 65.0. The van der Waals surface area contributed by atoms with Crippen molar-refractivity contribution in [3.63, 3.8) is 0 Å². The van der Waals surface area contributed by atoms with Gasteiger partial charge in [-0.2, -0.15) is 13.2 Å². The highest BCUT2D eigenvalue weighted by molar-refractivity contribution is 7.90. The second-order valence-electron chi connectivity index (χ2n) is 4.18. The van der Waals surface area contributed by atoms with Crippen molar-refractivity contribution in [2.24, 2.45) is 5.73 Å². The lowest BCUT2D eigenvalue weighted by molar-refractivity contribution is -0.199. The van der Waals surface area contributed by atoms with Crippen LogP contribution in [0.15, 0.2) is 29.2 Å². The van der Waals surface area contributed by atoms with Gasteiger partial charge in [-0.05, 0) is 31.2 Å². The average molecular weight is 297 g/mol. The molecule has 0 amide bonds. The predicted molar refractivity (Wildman–Crippen MR) is 63.7 cm³/mol. The second-order valence-corrected chi connectivity index (χ2v) is 6.20. The fourth-order valence-electron chi connectivity index (χ4n) is 1.38. The Morgan fingerprint density at radius 3 is 2.00 bits per heavy atom. The highest BCUT2D eigenvalue weighted by Crippen LogP contribution is 2.27. The third kappa shape index (κ3) is 4.39. The molecule has 19 heavy (non-hydrogen) atoms. The van der Waals surface area contributed by atoms with E-state index in [1.165, 1.54) is 19.1 Å². The van der Waals surface area contributed by atoms with E-state index in [0.29, 0.717) is 0 Å². The van der Waals surface area contributed by atoms with Crippen molar-refractivity contribution < 1.29 is 26.3 Å². The van der Waals surface area contributed by atoms with Crippen LogP contribution in [0, 0.1) is 0 Å². The van der Waals surface area contributed by atoms with Gasteiger partial charge in [-0.3, -0.25) is 0 Å². The standard InChI is InChI=1S/C11H14F3NO3S/c1-7(15)10(11(12,13)14)18-8-3-5-9(6-4-8)19(2,16)17/h3-7,10H,15H2,1-2H3. The van der Waals surface area contributed by atoms with Gasteiger partial charge in [-0.1, -0.05) is 0 Å². The molecule has 0 fully saturated rings. The van der Waals surface area contributed by atoms with Gasteiger partial charge in [-0.25, -0.2) is 8.42 Å². The number of rotatable bonds is 4. The number of nitrogens with two attached hydrogens (primary N) is 1. The first-order valence-electron chi connectivity index (χ1n) is 5.31. The molecule has 108 valence electrons. The lowest BCUT2D eigenvalue weighted by Gasteiger charge is -2.24. The number of sulfone groups is 1. The van der Waals surface area contributed by atoms with E-state index in [1.807, 2.05) is 0 Å². The summed E-state index contributed by atoms with van der Waals surface area (Å²) >= 11 is 0. The summed E-state index contributed by atoms with van der Waals surface area (Å²) in [6.45, 7) is 1.18. The fraction of sp³-hybridized carbons (Fsp3) is 0.455. The van der Waals surface area contributed by atoms with Gasteiger partial charge in [0.15, 0.2) is 9.84 Å². The molecule has 4 nitrogen and oxygen atoms in total. The molecule has 0 bridgehead atoms. The summed E-state index contributed by atoms with van der Waals surface area (Å²) in [5.74, 6) is -0.0907. The topological polar surface area (TPSA) is 69.4 Å². The van der Waals surface area contributed by atoms with E-state index in [4.69, 9.17) is 10.5 Å². The number of alkyl halides is 3. The van der Waals surface area contributed by atoms with Crippen molar-refractivity contribution in [3.05, 3.63) is 24.3 Å². The molecule has 1 aromatic carbocycles. The molecule has 8 heteroatoms. The minimum Gasteiger partial charge on any atom is -0.479 e. The maximum atomic E-state index is 12.6. The van der Waals surface area contributed by atoms with Crippen LogP contribution in [0.25, 0.3) is 0 Å². The summed E-state index contributed by atoms with van der Waals surface area (Å²) in [6.07, 6.45) is -5.73. The van der Waals surface area contributed by atoms with Crippen molar-refractivity contribution in [2.45, 2.75) is 30.1 Å². The Hall–Kier alpha value is -1.28. The van der Waals surface area contributed by atoms with E-state index in [9.17, 15) is 21.6 Å². The highest BCUT2D eigenvalue weighted by Gasteiger charge is 2.44. The molecule has 0 aromatic heterocycles. The smallest absolute Gasteiger partial charge is 0.426 e. The molecule has 0 aliphatic heterocycles. The van der Waals surface area contributed by atoms with Crippen LogP contribution in [0.4, 0.5) is 13.2 Å². The van der Waals surface area contributed by atoms with E-state index in [0.717, 1.165) is 18.4 Å². The third-order valence-corrected chi connectivity index (χ3v) is 3.44. The van der Waals surface area contributed by atoms with E-state index in [1.54, 1.807) is 0 Å². The lowest BCUT2D eigenvalue weighted by Crippen LogP contribution is -2.47. The number of hydrogen-bond acceptors (Lipinski definition) is 4. The number of ether oxygens (including phenoxy) is 1. The van der Waals surface area contributed by atoms with Gasteiger partial charge < -0.3 is 10.5 Å². The van der Waals surface area contributed by atoms with Gasteiger partial charge in [-0.15, -0.1) is 0 Å². The van der Waals surface area contributed by atoms with Crippen molar-refractivity contribution in [2.75, 3.05) is 6.26 Å². The minimum atomic E-state index is -4.59. The van der Waals surface area contributed by atoms with Crippen molar-refractivity contribution >= 4 is 9.84 Å². The number of benzene rings is 1. The van der Waals surface area contributed by atoms with Crippen LogP contribution in [-0.4, -0.2) is 33.0 Å². The van der Waals surface area contributed by atoms with E-state index in [-0.39, 0.29) is 10.6 Å². The Labute approximate surface area is 109 Å². The van der Waals surface area contributed by atoms with Gasteiger partial charge in [0.25, 0.3) is 0 Å². The van der Waals surface area contributed by atoms with Crippen LogP contribution in [0.3, 0.4) is 0 Å². The van der Waals surface area contributed by atoms with Crippen LogP contribution in [0.5, 0.6) is 5.75 Å². The molecule has 0 heterocycles. The zero-order valence-electron chi connectivity index (χ0n) is 10.3. The number of hydrogen-bond donors (Lipinski definition) is 1. The van der Waals surface area contributed by atoms with Crippen molar-refractivity contribution in [3.8, 4) is 5.75 Å². The Kier molecular flexibility index (Phi) is 4.46. The van der Waals surface area contributed by atoms with Crippen molar-refractivity contribution in [1.82, 2.24) is 0 Å². The Balaban J connectivity index is 2.94. The van der Waals surface area contributed by atoms with Gasteiger partial charge in [0.2, 0.25) is 6.10 Å². The molecular formula is C11H14F3NO3S. The maximum Gasteiger partial charge on any atom is 0.426 e. The SMILES string of the molecule is CC(N)C(Oc1ccc(S(C)(=O)=O)cc1)C(F)(F)F. The summed E-state index contributed by atoms with van der Waals surface area (Å²) in [4.78, 5) is 0.00389. The van der Waals surface area contributed by atoms with Crippen LogP contribution in [-0.2, 0) is 9.84 Å². The van der Waals surface area contributed by atoms with Gasteiger partial charge in [0, 0.05) is 12.3 Å². The van der Waals surface area contributed by atoms with Crippen LogP contribution in [0.1, 0.15) is 6.92 Å². The molecule has 2 N–H and O–H groups in total. The largest absolute Gasteiger partial charge is 0.479 e. The van der Waals surface area contributed by atoms with Gasteiger partial charge in [0.1, 0.15) is 5.75 Å². The molecule has 1 rings (SSSR count). The molecule has 0 spiro atoms. The second kappa shape index (κ2) is 5.38. The molecule has 0 saturated carbocycles. The summed E-state index contributed by atoms with van der Waals surface area (Å²) in [6, 6.07) is 3.45. The maximum absolute atomic E-state index is 12.6. The molecule has 0 aliphatic rings. The monoisotopic (exact) mass is 297 g/mol. The molecule has 1 aromatic rings. The Morgan fingerprint density at radius 2 is 1.68 bits per heavy atom. The summed E-state index contributed by atoms with van der Waals surface area (Å²) in [7, 11) is -3.40. The van der Waals surface area contributed by atoms with Gasteiger partial charge >= 0.3 is 6.18 Å². The lowest BCUT2D eigenvalue weighted by atomic mass is 10.2. The Morgan fingerprint density at radius 1 is 1.21 bits per heavy atom. The molecular weight excluding hydrogens is 283 g/mol. The molecule has 0 radical (unpaired) electrons. The molecule has 2 unspecified atom stereocenters. The van der Waals surface area contributed by atoms with Crippen LogP contribution in [0.2, 0.25) is 0 Å². The third-order valence-electron chi connectivity index (χ3n) is 2.32. The quantitative estimate of drug-likeness (QED) is 0.919.